The molecule has 0 bridgehead atoms. The van der Waals surface area contributed by atoms with Crippen LogP contribution in [0.4, 0.5) is 0 Å². The molecule has 1 saturated heterocycles. The van der Waals surface area contributed by atoms with Crippen molar-refractivity contribution in [3.63, 3.8) is 0 Å². The Morgan fingerprint density at radius 2 is 2.13 bits per heavy atom. The molecule has 0 unspecified atom stereocenters. The number of aromatic nitrogens is 3. The summed E-state index contributed by atoms with van der Waals surface area (Å²) in [6.07, 6.45) is 2.58. The number of rotatable bonds is 6. The summed E-state index contributed by atoms with van der Waals surface area (Å²) < 4.78 is 2.12. The van der Waals surface area contributed by atoms with E-state index >= 15 is 0 Å². The van der Waals surface area contributed by atoms with Crippen molar-refractivity contribution in [1.29, 1.82) is 0 Å². The van der Waals surface area contributed by atoms with Crippen molar-refractivity contribution in [1.82, 2.24) is 19.7 Å². The number of thioether (sulfide) groups is 1. The largest absolute Gasteiger partial charge is 0.324 e. The lowest BCUT2D eigenvalue weighted by Crippen LogP contribution is -2.31. The third-order valence-corrected chi connectivity index (χ3v) is 5.62. The van der Waals surface area contributed by atoms with Crippen molar-refractivity contribution in [3.8, 4) is 5.69 Å². The standard InChI is InChI=1S/C17H25N5S/c1-3-21-10-6-8-14(21)12-23-17-20-19-16(11-18)22(17)15-9-5-4-7-13(15)2/h4-5,7,9,14H,3,6,8,10-12,18H2,1-2H3/t14-/m1/s1. The highest BCUT2D eigenvalue weighted by molar-refractivity contribution is 7.99. The highest BCUT2D eigenvalue weighted by atomic mass is 32.2. The normalized spacial score (nSPS) is 18.7. The molecule has 2 heterocycles. The Balaban J connectivity index is 1.83. The quantitative estimate of drug-likeness (QED) is 0.825. The van der Waals surface area contributed by atoms with Crippen LogP contribution in [-0.4, -0.2) is 44.5 Å². The summed E-state index contributed by atoms with van der Waals surface area (Å²) in [6, 6.07) is 8.96. The minimum atomic E-state index is 0.395. The summed E-state index contributed by atoms with van der Waals surface area (Å²) in [7, 11) is 0. The lowest BCUT2D eigenvalue weighted by atomic mass is 10.2. The maximum atomic E-state index is 5.87. The van der Waals surface area contributed by atoms with Gasteiger partial charge in [0.25, 0.3) is 0 Å². The van der Waals surface area contributed by atoms with Gasteiger partial charge in [0.05, 0.1) is 12.2 Å². The van der Waals surface area contributed by atoms with E-state index in [2.05, 4.69) is 51.7 Å². The summed E-state index contributed by atoms with van der Waals surface area (Å²) in [5.74, 6) is 1.88. The van der Waals surface area contributed by atoms with Crippen LogP contribution in [0.1, 0.15) is 31.2 Å². The first kappa shape index (κ1) is 16.5. The van der Waals surface area contributed by atoms with Crippen LogP contribution in [0.3, 0.4) is 0 Å². The Hall–Kier alpha value is -1.37. The van der Waals surface area contributed by atoms with Crippen molar-refractivity contribution < 1.29 is 0 Å². The molecule has 5 nitrogen and oxygen atoms in total. The Labute approximate surface area is 142 Å². The van der Waals surface area contributed by atoms with Gasteiger partial charge in [-0.05, 0) is 44.5 Å². The molecule has 0 amide bonds. The molecule has 6 heteroatoms. The maximum absolute atomic E-state index is 5.87. The zero-order valence-corrected chi connectivity index (χ0v) is 14.7. The molecule has 1 aliphatic heterocycles. The van der Waals surface area contributed by atoms with E-state index in [1.807, 2.05) is 6.07 Å². The Morgan fingerprint density at radius 1 is 1.30 bits per heavy atom. The van der Waals surface area contributed by atoms with E-state index in [1.165, 1.54) is 24.9 Å². The average Bonchev–Trinajstić information content (AvgIpc) is 3.19. The minimum Gasteiger partial charge on any atom is -0.324 e. The van der Waals surface area contributed by atoms with Gasteiger partial charge in [0.15, 0.2) is 11.0 Å². The third-order valence-electron chi connectivity index (χ3n) is 4.55. The number of nitrogens with two attached hydrogens (primary N) is 1. The number of aryl methyl sites for hydroxylation is 1. The molecule has 2 aromatic rings. The van der Waals surface area contributed by atoms with Crippen molar-refractivity contribution in [2.75, 3.05) is 18.8 Å². The molecule has 0 saturated carbocycles. The molecular weight excluding hydrogens is 306 g/mol. The summed E-state index contributed by atoms with van der Waals surface area (Å²) >= 11 is 1.80. The zero-order chi connectivity index (χ0) is 16.2. The lowest BCUT2D eigenvalue weighted by Gasteiger charge is -2.22. The number of likely N-dealkylation sites (tertiary alicyclic amines) is 1. The molecule has 0 radical (unpaired) electrons. The van der Waals surface area contributed by atoms with Crippen LogP contribution in [0.2, 0.25) is 0 Å². The van der Waals surface area contributed by atoms with Gasteiger partial charge in [-0.3, -0.25) is 9.47 Å². The smallest absolute Gasteiger partial charge is 0.195 e. The van der Waals surface area contributed by atoms with Crippen LogP contribution >= 0.6 is 11.8 Å². The molecule has 23 heavy (non-hydrogen) atoms. The fourth-order valence-electron chi connectivity index (χ4n) is 3.25. The van der Waals surface area contributed by atoms with E-state index < -0.39 is 0 Å². The van der Waals surface area contributed by atoms with Gasteiger partial charge >= 0.3 is 0 Å². The van der Waals surface area contributed by atoms with Gasteiger partial charge in [0.2, 0.25) is 0 Å². The van der Waals surface area contributed by atoms with Crippen molar-refractivity contribution in [3.05, 3.63) is 35.7 Å². The lowest BCUT2D eigenvalue weighted by molar-refractivity contribution is 0.287. The summed E-state index contributed by atoms with van der Waals surface area (Å²) in [6.45, 7) is 7.10. The molecule has 1 fully saturated rings. The van der Waals surface area contributed by atoms with E-state index in [4.69, 9.17) is 5.73 Å². The van der Waals surface area contributed by atoms with Crippen LogP contribution in [0, 0.1) is 6.92 Å². The Morgan fingerprint density at radius 3 is 2.87 bits per heavy atom. The zero-order valence-electron chi connectivity index (χ0n) is 13.9. The molecule has 1 aromatic heterocycles. The summed E-state index contributed by atoms with van der Waals surface area (Å²) in [5.41, 5.74) is 8.20. The summed E-state index contributed by atoms with van der Waals surface area (Å²) in [5, 5.41) is 9.63. The van der Waals surface area contributed by atoms with Crippen LogP contribution in [-0.2, 0) is 6.54 Å². The van der Waals surface area contributed by atoms with Crippen LogP contribution in [0.5, 0.6) is 0 Å². The van der Waals surface area contributed by atoms with Gasteiger partial charge in [-0.25, -0.2) is 0 Å². The van der Waals surface area contributed by atoms with Gasteiger partial charge in [-0.2, -0.15) is 0 Å². The SMILES string of the molecule is CCN1CCC[C@@H]1CSc1nnc(CN)n1-c1ccccc1C. The first-order valence-electron chi connectivity index (χ1n) is 8.31. The summed E-state index contributed by atoms with van der Waals surface area (Å²) in [4.78, 5) is 2.56. The molecule has 1 aliphatic rings. The third kappa shape index (κ3) is 3.44. The second kappa shape index (κ2) is 7.47. The van der Waals surface area contributed by atoms with Gasteiger partial charge in [-0.1, -0.05) is 36.9 Å². The number of para-hydroxylation sites is 1. The molecule has 0 aliphatic carbocycles. The number of hydrogen-bond donors (Lipinski definition) is 1. The van der Waals surface area contributed by atoms with Crippen molar-refractivity contribution in [2.45, 2.75) is 44.4 Å². The molecule has 124 valence electrons. The number of benzene rings is 1. The predicted octanol–water partition coefficient (Wildman–Crippen LogP) is 2.61. The van der Waals surface area contributed by atoms with Gasteiger partial charge in [0.1, 0.15) is 0 Å². The van der Waals surface area contributed by atoms with Crippen molar-refractivity contribution >= 4 is 11.8 Å². The highest BCUT2D eigenvalue weighted by Gasteiger charge is 2.24. The monoisotopic (exact) mass is 331 g/mol. The van der Waals surface area contributed by atoms with E-state index in [1.54, 1.807) is 11.8 Å². The minimum absolute atomic E-state index is 0.395. The first-order chi connectivity index (χ1) is 11.2. The predicted molar refractivity (Wildman–Crippen MR) is 95.0 cm³/mol. The average molecular weight is 331 g/mol. The van der Waals surface area contributed by atoms with Gasteiger partial charge in [0, 0.05) is 11.8 Å². The van der Waals surface area contributed by atoms with Crippen LogP contribution in [0.15, 0.2) is 29.4 Å². The number of hydrogen-bond acceptors (Lipinski definition) is 5. The molecule has 1 aromatic carbocycles. The maximum Gasteiger partial charge on any atom is 0.195 e. The van der Waals surface area contributed by atoms with E-state index in [0.29, 0.717) is 12.6 Å². The molecule has 1 atom stereocenters. The van der Waals surface area contributed by atoms with Crippen LogP contribution in [0.25, 0.3) is 5.69 Å². The molecule has 3 rings (SSSR count). The van der Waals surface area contributed by atoms with E-state index in [9.17, 15) is 0 Å². The van der Waals surface area contributed by atoms with E-state index in [0.717, 1.165) is 29.0 Å². The molecule has 2 N–H and O–H groups in total. The highest BCUT2D eigenvalue weighted by Crippen LogP contribution is 2.28. The van der Waals surface area contributed by atoms with Crippen molar-refractivity contribution in [2.24, 2.45) is 5.73 Å². The van der Waals surface area contributed by atoms with Gasteiger partial charge in [-0.15, -0.1) is 10.2 Å². The van der Waals surface area contributed by atoms with Gasteiger partial charge < -0.3 is 5.73 Å². The molecular formula is C17H25N5S. The molecule has 0 spiro atoms. The Kier molecular flexibility index (Phi) is 5.35. The van der Waals surface area contributed by atoms with E-state index in [-0.39, 0.29) is 0 Å². The Bertz CT molecular complexity index is 654. The second-order valence-electron chi connectivity index (χ2n) is 5.96. The van der Waals surface area contributed by atoms with Crippen LogP contribution < -0.4 is 5.73 Å². The first-order valence-corrected chi connectivity index (χ1v) is 9.30. The number of nitrogens with zero attached hydrogens (tertiary/aromatic N) is 4. The topological polar surface area (TPSA) is 60.0 Å². The fourth-order valence-corrected chi connectivity index (χ4v) is 4.40. The second-order valence-corrected chi connectivity index (χ2v) is 6.95. The fraction of sp³-hybridized carbons (Fsp3) is 0.529.